The molecule has 0 N–H and O–H groups in total. The Morgan fingerprint density at radius 2 is 2.12 bits per heavy atom. The van der Waals surface area contributed by atoms with Gasteiger partial charge in [-0.3, -0.25) is 4.79 Å². The summed E-state index contributed by atoms with van der Waals surface area (Å²) in [5.74, 6) is -0.182. The van der Waals surface area contributed by atoms with Crippen molar-refractivity contribution >= 4 is 27.4 Å². The van der Waals surface area contributed by atoms with E-state index in [0.29, 0.717) is 6.42 Å². The summed E-state index contributed by atoms with van der Waals surface area (Å²) >= 11 is 1.70. The van der Waals surface area contributed by atoms with Gasteiger partial charge in [-0.15, -0.1) is 11.3 Å². The molecule has 2 nitrogen and oxygen atoms in total. The first-order chi connectivity index (χ1) is 7.63. The van der Waals surface area contributed by atoms with Crippen LogP contribution in [-0.2, 0) is 16.0 Å². The Bertz CT molecular complexity index is 540. The second-order valence-corrected chi connectivity index (χ2v) is 4.78. The van der Waals surface area contributed by atoms with E-state index in [9.17, 15) is 4.79 Å². The lowest BCUT2D eigenvalue weighted by atomic mass is 10.0. The van der Waals surface area contributed by atoms with Crippen LogP contribution in [0.25, 0.3) is 10.1 Å². The fraction of sp³-hybridized carbons (Fsp3) is 0.308. The van der Waals surface area contributed by atoms with Crippen LogP contribution < -0.4 is 0 Å². The molecule has 84 valence electrons. The molecule has 0 saturated heterocycles. The van der Waals surface area contributed by atoms with Gasteiger partial charge >= 0.3 is 5.97 Å². The van der Waals surface area contributed by atoms with Crippen molar-refractivity contribution in [3.05, 3.63) is 34.2 Å². The zero-order chi connectivity index (χ0) is 11.7. The van der Waals surface area contributed by atoms with E-state index in [0.717, 1.165) is 5.56 Å². The van der Waals surface area contributed by atoms with Gasteiger partial charge in [-0.1, -0.05) is 12.1 Å². The number of esters is 1. The summed E-state index contributed by atoms with van der Waals surface area (Å²) in [6, 6.07) is 4.19. The van der Waals surface area contributed by atoms with E-state index in [1.54, 1.807) is 11.3 Å². The highest BCUT2D eigenvalue weighted by atomic mass is 32.1. The summed E-state index contributed by atoms with van der Waals surface area (Å²) in [7, 11) is 1.42. The fourth-order valence-electron chi connectivity index (χ4n) is 1.75. The van der Waals surface area contributed by atoms with Gasteiger partial charge < -0.3 is 4.74 Å². The van der Waals surface area contributed by atoms with Gasteiger partial charge in [0.15, 0.2) is 0 Å². The molecule has 0 saturated carbocycles. The van der Waals surface area contributed by atoms with Crippen LogP contribution in [0.15, 0.2) is 17.5 Å². The first kappa shape index (κ1) is 11.1. The third-order valence-electron chi connectivity index (χ3n) is 2.90. The van der Waals surface area contributed by atoms with E-state index >= 15 is 0 Å². The molecule has 0 aliphatic heterocycles. The second-order valence-electron chi connectivity index (χ2n) is 3.90. The Morgan fingerprint density at radius 1 is 1.38 bits per heavy atom. The zero-order valence-electron chi connectivity index (χ0n) is 9.66. The molecule has 3 heteroatoms. The van der Waals surface area contributed by atoms with Gasteiger partial charge in [0, 0.05) is 4.70 Å². The third kappa shape index (κ3) is 1.83. The molecule has 0 amide bonds. The predicted octanol–water partition coefficient (Wildman–Crippen LogP) is 3.23. The molecule has 2 rings (SSSR count). The number of benzene rings is 1. The van der Waals surface area contributed by atoms with E-state index in [2.05, 4.69) is 26.0 Å². The SMILES string of the molecule is COC(=O)Cc1csc2c(C)c(C)ccc12. The van der Waals surface area contributed by atoms with Crippen molar-refractivity contribution in [2.24, 2.45) is 0 Å². The lowest BCUT2D eigenvalue weighted by Crippen LogP contribution is -2.03. The Labute approximate surface area is 98.9 Å². The van der Waals surface area contributed by atoms with E-state index < -0.39 is 0 Å². The molecule has 0 aliphatic rings. The fourth-order valence-corrected chi connectivity index (χ4v) is 2.89. The molecule has 1 heterocycles. The molecule has 0 spiro atoms. The predicted molar refractivity (Wildman–Crippen MR) is 67.0 cm³/mol. The maximum absolute atomic E-state index is 11.3. The van der Waals surface area contributed by atoms with E-state index in [1.807, 2.05) is 5.38 Å². The average Bonchev–Trinajstić information content (AvgIpc) is 2.67. The second kappa shape index (κ2) is 4.26. The summed E-state index contributed by atoms with van der Waals surface area (Å²) in [5, 5.41) is 3.23. The maximum Gasteiger partial charge on any atom is 0.310 e. The number of hydrogen-bond acceptors (Lipinski definition) is 3. The summed E-state index contributed by atoms with van der Waals surface area (Å²) in [6.45, 7) is 4.23. The monoisotopic (exact) mass is 234 g/mol. The molecule has 16 heavy (non-hydrogen) atoms. The van der Waals surface area contributed by atoms with Crippen LogP contribution in [0.1, 0.15) is 16.7 Å². The van der Waals surface area contributed by atoms with Crippen LogP contribution in [0.3, 0.4) is 0 Å². The molecule has 1 aromatic carbocycles. The standard InChI is InChI=1S/C13H14O2S/c1-8-4-5-11-10(6-12(14)15-3)7-16-13(11)9(8)2/h4-5,7H,6H2,1-3H3. The number of aryl methyl sites for hydroxylation is 2. The van der Waals surface area contributed by atoms with Gasteiger partial charge in [0.05, 0.1) is 13.5 Å². The number of carbonyl (C=O) groups is 1. The zero-order valence-corrected chi connectivity index (χ0v) is 10.5. The van der Waals surface area contributed by atoms with Crippen molar-refractivity contribution in [3.8, 4) is 0 Å². The smallest absolute Gasteiger partial charge is 0.310 e. The van der Waals surface area contributed by atoms with Crippen molar-refractivity contribution in [2.75, 3.05) is 7.11 Å². The number of ether oxygens (including phenoxy) is 1. The van der Waals surface area contributed by atoms with Gasteiger partial charge in [0.2, 0.25) is 0 Å². The molecular formula is C13H14O2S. The largest absolute Gasteiger partial charge is 0.469 e. The van der Waals surface area contributed by atoms with Crippen LogP contribution in [0, 0.1) is 13.8 Å². The van der Waals surface area contributed by atoms with Gasteiger partial charge in [0.25, 0.3) is 0 Å². The van der Waals surface area contributed by atoms with Crippen LogP contribution in [0.4, 0.5) is 0 Å². The summed E-state index contributed by atoms with van der Waals surface area (Å²) < 4.78 is 5.97. The molecule has 0 radical (unpaired) electrons. The van der Waals surface area contributed by atoms with Crippen molar-refractivity contribution < 1.29 is 9.53 Å². The average molecular weight is 234 g/mol. The van der Waals surface area contributed by atoms with Gasteiger partial charge in [-0.05, 0) is 41.3 Å². The minimum absolute atomic E-state index is 0.182. The number of fused-ring (bicyclic) bond motifs is 1. The Kier molecular flexibility index (Phi) is 2.97. The third-order valence-corrected chi connectivity index (χ3v) is 4.07. The number of carbonyl (C=O) groups excluding carboxylic acids is 1. The van der Waals surface area contributed by atoms with Gasteiger partial charge in [-0.25, -0.2) is 0 Å². The van der Waals surface area contributed by atoms with E-state index in [4.69, 9.17) is 4.74 Å². The van der Waals surface area contributed by atoms with Crippen molar-refractivity contribution in [2.45, 2.75) is 20.3 Å². The van der Waals surface area contributed by atoms with E-state index in [1.165, 1.54) is 28.3 Å². The Hall–Kier alpha value is -1.35. The highest BCUT2D eigenvalue weighted by molar-refractivity contribution is 7.17. The first-order valence-corrected chi connectivity index (χ1v) is 6.04. The molecule has 0 atom stereocenters. The van der Waals surface area contributed by atoms with Crippen molar-refractivity contribution in [3.63, 3.8) is 0 Å². The highest BCUT2D eigenvalue weighted by Crippen LogP contribution is 2.30. The van der Waals surface area contributed by atoms with E-state index in [-0.39, 0.29) is 5.97 Å². The van der Waals surface area contributed by atoms with Crippen molar-refractivity contribution in [1.82, 2.24) is 0 Å². The topological polar surface area (TPSA) is 26.3 Å². The van der Waals surface area contributed by atoms with Gasteiger partial charge in [0.1, 0.15) is 0 Å². The van der Waals surface area contributed by atoms with Crippen LogP contribution in [-0.4, -0.2) is 13.1 Å². The molecule has 1 aromatic heterocycles. The number of thiophene rings is 1. The summed E-state index contributed by atoms with van der Waals surface area (Å²) in [6.07, 6.45) is 0.360. The quantitative estimate of drug-likeness (QED) is 0.746. The molecule has 2 aromatic rings. The van der Waals surface area contributed by atoms with Crippen LogP contribution >= 0.6 is 11.3 Å². The lowest BCUT2D eigenvalue weighted by molar-refractivity contribution is -0.139. The summed E-state index contributed by atoms with van der Waals surface area (Å²) in [4.78, 5) is 11.3. The summed E-state index contributed by atoms with van der Waals surface area (Å²) in [5.41, 5.74) is 3.66. The Morgan fingerprint density at radius 3 is 2.81 bits per heavy atom. The molecule has 0 unspecified atom stereocenters. The first-order valence-electron chi connectivity index (χ1n) is 5.16. The molecule has 0 fully saturated rings. The molecule has 0 bridgehead atoms. The van der Waals surface area contributed by atoms with Crippen LogP contribution in [0.2, 0.25) is 0 Å². The van der Waals surface area contributed by atoms with Crippen molar-refractivity contribution in [1.29, 1.82) is 0 Å². The molecular weight excluding hydrogens is 220 g/mol. The highest BCUT2D eigenvalue weighted by Gasteiger charge is 2.10. The molecule has 0 aliphatic carbocycles. The number of hydrogen-bond donors (Lipinski definition) is 0. The van der Waals surface area contributed by atoms with Gasteiger partial charge in [-0.2, -0.15) is 0 Å². The van der Waals surface area contributed by atoms with Crippen LogP contribution in [0.5, 0.6) is 0 Å². The number of rotatable bonds is 2. The minimum Gasteiger partial charge on any atom is -0.469 e. The lowest BCUT2D eigenvalue weighted by Gasteiger charge is -2.02. The normalized spacial score (nSPS) is 10.7. The number of methoxy groups -OCH3 is 1. The minimum atomic E-state index is -0.182. The Balaban J connectivity index is 2.50. The maximum atomic E-state index is 11.3.